The van der Waals surface area contributed by atoms with Crippen molar-refractivity contribution in [2.45, 2.75) is 16.0 Å². The minimum Gasteiger partial charge on any atom is -0.280 e. The molecular weight excluding hydrogens is 403 g/mol. The zero-order valence-electron chi connectivity index (χ0n) is 12.5. The predicted molar refractivity (Wildman–Crippen MR) is 86.8 cm³/mol. The van der Waals surface area contributed by atoms with Crippen molar-refractivity contribution in [3.63, 3.8) is 0 Å². The number of hydrogen-bond acceptors (Lipinski definition) is 4. The number of rotatable bonds is 4. The van der Waals surface area contributed by atoms with Gasteiger partial charge in [-0.3, -0.25) is 4.72 Å². The van der Waals surface area contributed by atoms with Crippen LogP contribution in [0, 0.1) is 0 Å². The molecule has 0 bridgehead atoms. The molecule has 2 rings (SSSR count). The molecule has 2 aromatic rings. The molecule has 0 saturated heterocycles. The van der Waals surface area contributed by atoms with Crippen LogP contribution < -0.4 is 4.72 Å². The van der Waals surface area contributed by atoms with Crippen LogP contribution in [0.4, 0.5) is 18.9 Å². The summed E-state index contributed by atoms with van der Waals surface area (Å²) in [6.07, 6.45) is -3.75. The molecular formula is C14H11ClF3NO4S2. The molecule has 0 atom stereocenters. The van der Waals surface area contributed by atoms with Gasteiger partial charge >= 0.3 is 6.18 Å². The van der Waals surface area contributed by atoms with Gasteiger partial charge in [0, 0.05) is 11.9 Å². The molecule has 0 aliphatic heterocycles. The smallest absolute Gasteiger partial charge is 0.280 e. The van der Waals surface area contributed by atoms with Crippen molar-refractivity contribution < 1.29 is 30.0 Å². The van der Waals surface area contributed by atoms with Gasteiger partial charge < -0.3 is 0 Å². The van der Waals surface area contributed by atoms with E-state index < -0.39 is 36.5 Å². The van der Waals surface area contributed by atoms with E-state index in [9.17, 15) is 30.0 Å². The van der Waals surface area contributed by atoms with Gasteiger partial charge in [-0.05, 0) is 42.5 Å². The standard InChI is InChI=1S/C14H11ClF3NO4S2/c1-24(20,21)11-5-3-10(4-6-11)19-25(22,23)13-8-9(14(16,17)18)2-7-12(13)15/h2-8,19H,1H3. The SMILES string of the molecule is CS(=O)(=O)c1ccc(NS(=O)(=O)c2cc(C(F)(F)F)ccc2Cl)cc1. The van der Waals surface area contributed by atoms with Gasteiger partial charge in [0.05, 0.1) is 15.5 Å². The lowest BCUT2D eigenvalue weighted by Crippen LogP contribution is -2.15. The normalized spacial score (nSPS) is 12.8. The Kier molecular flexibility index (Phi) is 5.08. The van der Waals surface area contributed by atoms with Crippen molar-refractivity contribution in [1.29, 1.82) is 0 Å². The van der Waals surface area contributed by atoms with Crippen LogP contribution in [0.1, 0.15) is 5.56 Å². The topological polar surface area (TPSA) is 80.3 Å². The Labute approximate surface area is 147 Å². The molecule has 0 spiro atoms. The van der Waals surface area contributed by atoms with Gasteiger partial charge in [-0.1, -0.05) is 11.6 Å². The van der Waals surface area contributed by atoms with Crippen molar-refractivity contribution >= 4 is 37.1 Å². The Balaban J connectivity index is 2.40. The van der Waals surface area contributed by atoms with Gasteiger partial charge in [0.2, 0.25) is 0 Å². The van der Waals surface area contributed by atoms with E-state index in [-0.39, 0.29) is 15.6 Å². The number of hydrogen-bond donors (Lipinski definition) is 1. The van der Waals surface area contributed by atoms with E-state index in [4.69, 9.17) is 11.6 Å². The molecule has 2 aromatic carbocycles. The van der Waals surface area contributed by atoms with Crippen LogP contribution in [0.15, 0.2) is 52.3 Å². The van der Waals surface area contributed by atoms with Gasteiger partial charge in [0.15, 0.2) is 9.84 Å². The summed E-state index contributed by atoms with van der Waals surface area (Å²) >= 11 is 5.72. The second-order valence-electron chi connectivity index (χ2n) is 5.05. The van der Waals surface area contributed by atoms with Gasteiger partial charge in [-0.15, -0.1) is 0 Å². The van der Waals surface area contributed by atoms with Crippen molar-refractivity contribution in [1.82, 2.24) is 0 Å². The maximum Gasteiger partial charge on any atom is 0.416 e. The number of sulfone groups is 1. The van der Waals surface area contributed by atoms with E-state index in [2.05, 4.69) is 4.72 Å². The first-order valence-corrected chi connectivity index (χ1v) is 10.3. The van der Waals surface area contributed by atoms with Gasteiger partial charge in [0.25, 0.3) is 10.0 Å². The first-order valence-electron chi connectivity index (χ1n) is 6.50. The molecule has 0 amide bonds. The lowest BCUT2D eigenvalue weighted by Gasteiger charge is -2.13. The highest BCUT2D eigenvalue weighted by Crippen LogP contribution is 2.34. The lowest BCUT2D eigenvalue weighted by molar-refractivity contribution is -0.137. The third-order valence-corrected chi connectivity index (χ3v) is 6.07. The predicted octanol–water partition coefficient (Wildman–Crippen LogP) is 3.56. The number of alkyl halides is 3. The van der Waals surface area contributed by atoms with E-state index in [0.29, 0.717) is 12.1 Å². The molecule has 5 nitrogen and oxygen atoms in total. The summed E-state index contributed by atoms with van der Waals surface area (Å²) in [5.41, 5.74) is -1.19. The average Bonchev–Trinajstić information content (AvgIpc) is 2.45. The van der Waals surface area contributed by atoms with Crippen molar-refractivity contribution in [2.75, 3.05) is 11.0 Å². The minimum atomic E-state index is -4.73. The number of halogens is 4. The molecule has 0 radical (unpaired) electrons. The lowest BCUT2D eigenvalue weighted by atomic mass is 10.2. The molecule has 1 N–H and O–H groups in total. The molecule has 0 fully saturated rings. The Morgan fingerprint density at radius 3 is 2.00 bits per heavy atom. The van der Waals surface area contributed by atoms with E-state index in [1.807, 2.05) is 0 Å². The summed E-state index contributed by atoms with van der Waals surface area (Å²) in [7, 11) is -7.87. The Morgan fingerprint density at radius 2 is 1.52 bits per heavy atom. The minimum absolute atomic E-state index is 0.0270. The average molecular weight is 414 g/mol. The van der Waals surface area contributed by atoms with Crippen LogP contribution in [-0.4, -0.2) is 23.1 Å². The Morgan fingerprint density at radius 1 is 0.960 bits per heavy atom. The molecule has 25 heavy (non-hydrogen) atoms. The first kappa shape index (κ1) is 19.5. The van der Waals surface area contributed by atoms with Gasteiger partial charge in [-0.25, -0.2) is 16.8 Å². The van der Waals surface area contributed by atoms with Crippen LogP contribution >= 0.6 is 11.6 Å². The second-order valence-corrected chi connectivity index (χ2v) is 9.12. The van der Waals surface area contributed by atoms with E-state index in [0.717, 1.165) is 12.3 Å². The van der Waals surface area contributed by atoms with Crippen molar-refractivity contribution in [3.05, 3.63) is 53.1 Å². The van der Waals surface area contributed by atoms with E-state index >= 15 is 0 Å². The zero-order chi connectivity index (χ0) is 19.0. The Hall–Kier alpha value is -1.78. The molecule has 0 aliphatic carbocycles. The molecule has 11 heteroatoms. The highest BCUT2D eigenvalue weighted by Gasteiger charge is 2.32. The first-order chi connectivity index (χ1) is 11.3. The van der Waals surface area contributed by atoms with E-state index in [1.54, 1.807) is 0 Å². The van der Waals surface area contributed by atoms with Crippen LogP contribution in [0.3, 0.4) is 0 Å². The molecule has 0 saturated carbocycles. The fourth-order valence-corrected chi connectivity index (χ4v) is 4.08. The fourth-order valence-electron chi connectivity index (χ4n) is 1.87. The molecule has 0 unspecified atom stereocenters. The summed E-state index contributed by atoms with van der Waals surface area (Å²) in [6, 6.07) is 6.62. The summed E-state index contributed by atoms with van der Waals surface area (Å²) in [5, 5.41) is -0.381. The summed E-state index contributed by atoms with van der Waals surface area (Å²) < 4.78 is 87.7. The monoisotopic (exact) mass is 413 g/mol. The maximum absolute atomic E-state index is 12.8. The molecule has 0 heterocycles. The fraction of sp³-hybridized carbons (Fsp3) is 0.143. The van der Waals surface area contributed by atoms with E-state index in [1.165, 1.54) is 24.3 Å². The second kappa shape index (κ2) is 6.50. The summed E-state index contributed by atoms with van der Waals surface area (Å²) in [6.45, 7) is 0. The molecule has 0 aromatic heterocycles. The number of nitrogens with one attached hydrogen (secondary N) is 1. The van der Waals surface area contributed by atoms with Gasteiger partial charge in [-0.2, -0.15) is 13.2 Å². The summed E-state index contributed by atoms with van der Waals surface area (Å²) in [4.78, 5) is -0.774. The van der Waals surface area contributed by atoms with Crippen LogP contribution in [0.25, 0.3) is 0 Å². The molecule has 136 valence electrons. The number of sulfonamides is 1. The van der Waals surface area contributed by atoms with Crippen molar-refractivity contribution in [3.8, 4) is 0 Å². The number of benzene rings is 2. The Bertz CT molecular complexity index is 1000. The van der Waals surface area contributed by atoms with Crippen LogP contribution in [0.2, 0.25) is 5.02 Å². The third-order valence-electron chi connectivity index (χ3n) is 3.08. The van der Waals surface area contributed by atoms with Crippen LogP contribution in [-0.2, 0) is 26.0 Å². The van der Waals surface area contributed by atoms with Crippen LogP contribution in [0.5, 0.6) is 0 Å². The van der Waals surface area contributed by atoms with Gasteiger partial charge in [0.1, 0.15) is 4.90 Å². The number of anilines is 1. The quantitative estimate of drug-likeness (QED) is 0.831. The summed E-state index contributed by atoms with van der Waals surface area (Å²) in [5.74, 6) is 0. The maximum atomic E-state index is 12.8. The zero-order valence-corrected chi connectivity index (χ0v) is 14.9. The largest absolute Gasteiger partial charge is 0.416 e. The third kappa shape index (κ3) is 4.65. The molecule has 0 aliphatic rings. The highest BCUT2D eigenvalue weighted by molar-refractivity contribution is 7.92. The van der Waals surface area contributed by atoms with Crippen molar-refractivity contribution in [2.24, 2.45) is 0 Å². The highest BCUT2D eigenvalue weighted by atomic mass is 35.5.